The molecule has 1 atom stereocenters. The first-order chi connectivity index (χ1) is 10.3. The van der Waals surface area contributed by atoms with Gasteiger partial charge in [-0.2, -0.15) is 0 Å². The summed E-state index contributed by atoms with van der Waals surface area (Å²) in [7, 11) is 0. The molecule has 2 N–H and O–H groups in total. The van der Waals surface area contributed by atoms with Crippen molar-refractivity contribution >= 4 is 5.69 Å². The molecule has 0 unspecified atom stereocenters. The van der Waals surface area contributed by atoms with Crippen LogP contribution in [0.15, 0.2) is 47.1 Å². The minimum Gasteiger partial charge on any atom is -0.468 e. The van der Waals surface area contributed by atoms with Crippen LogP contribution in [0, 0.1) is 5.82 Å². The molecule has 0 spiro atoms. The number of piperazine rings is 1. The standard InChI is InChI=1S/C16H20FN3O/c17-13-3-5-14(6-4-13)19-7-9-20(10-8-19)15(12-18)16-2-1-11-21-16/h1-6,11,15H,7-10,12,18H2/t15-/m0/s1. The van der Waals surface area contributed by atoms with E-state index in [0.29, 0.717) is 6.54 Å². The molecule has 0 aliphatic carbocycles. The molecule has 4 nitrogen and oxygen atoms in total. The molecule has 1 saturated heterocycles. The lowest BCUT2D eigenvalue weighted by Crippen LogP contribution is -2.49. The van der Waals surface area contributed by atoms with E-state index in [1.54, 1.807) is 6.26 Å². The van der Waals surface area contributed by atoms with E-state index in [-0.39, 0.29) is 11.9 Å². The Morgan fingerprint density at radius 3 is 2.38 bits per heavy atom. The van der Waals surface area contributed by atoms with Gasteiger partial charge in [0.2, 0.25) is 0 Å². The van der Waals surface area contributed by atoms with E-state index < -0.39 is 0 Å². The molecule has 21 heavy (non-hydrogen) atoms. The van der Waals surface area contributed by atoms with Crippen molar-refractivity contribution in [3.05, 3.63) is 54.2 Å². The normalized spacial score (nSPS) is 17.9. The number of hydrogen-bond donors (Lipinski definition) is 1. The van der Waals surface area contributed by atoms with Crippen LogP contribution >= 0.6 is 0 Å². The van der Waals surface area contributed by atoms with Gasteiger partial charge in [-0.1, -0.05) is 0 Å². The van der Waals surface area contributed by atoms with E-state index in [1.807, 2.05) is 24.3 Å². The van der Waals surface area contributed by atoms with E-state index in [0.717, 1.165) is 37.6 Å². The molecule has 0 saturated carbocycles. The Hall–Kier alpha value is -1.85. The number of rotatable bonds is 4. The van der Waals surface area contributed by atoms with Gasteiger partial charge in [0.15, 0.2) is 0 Å². The van der Waals surface area contributed by atoms with Crippen molar-refractivity contribution in [2.75, 3.05) is 37.6 Å². The maximum atomic E-state index is 13.0. The van der Waals surface area contributed by atoms with Crippen molar-refractivity contribution in [2.24, 2.45) is 5.73 Å². The Balaban J connectivity index is 1.63. The second kappa shape index (κ2) is 6.28. The first kappa shape index (κ1) is 14.1. The Morgan fingerprint density at radius 2 is 1.81 bits per heavy atom. The Bertz CT molecular complexity index is 547. The number of hydrogen-bond acceptors (Lipinski definition) is 4. The van der Waals surface area contributed by atoms with Crippen LogP contribution in [0.4, 0.5) is 10.1 Å². The van der Waals surface area contributed by atoms with Gasteiger partial charge in [0.25, 0.3) is 0 Å². The molecule has 3 rings (SSSR count). The van der Waals surface area contributed by atoms with Gasteiger partial charge in [-0.3, -0.25) is 4.90 Å². The van der Waals surface area contributed by atoms with Crippen molar-refractivity contribution in [2.45, 2.75) is 6.04 Å². The molecule has 0 amide bonds. The molecule has 2 aromatic rings. The Morgan fingerprint density at radius 1 is 1.10 bits per heavy atom. The van der Waals surface area contributed by atoms with Crippen LogP contribution in [0.3, 0.4) is 0 Å². The SMILES string of the molecule is NC[C@@H](c1ccco1)N1CCN(c2ccc(F)cc2)CC1. The van der Waals surface area contributed by atoms with Gasteiger partial charge in [0.1, 0.15) is 11.6 Å². The average Bonchev–Trinajstić information content (AvgIpc) is 3.04. The molecule has 2 heterocycles. The topological polar surface area (TPSA) is 45.6 Å². The summed E-state index contributed by atoms with van der Waals surface area (Å²) in [5, 5.41) is 0. The zero-order valence-electron chi connectivity index (χ0n) is 11.9. The summed E-state index contributed by atoms with van der Waals surface area (Å²) in [5.41, 5.74) is 6.97. The van der Waals surface area contributed by atoms with Gasteiger partial charge in [-0.15, -0.1) is 0 Å². The predicted molar refractivity (Wildman–Crippen MR) is 80.7 cm³/mol. The van der Waals surface area contributed by atoms with Crippen LogP contribution in [-0.4, -0.2) is 37.6 Å². The highest BCUT2D eigenvalue weighted by Gasteiger charge is 2.25. The summed E-state index contributed by atoms with van der Waals surface area (Å²) in [5.74, 6) is 0.728. The van der Waals surface area contributed by atoms with Gasteiger partial charge in [-0.25, -0.2) is 4.39 Å². The molecular weight excluding hydrogens is 269 g/mol. The molecule has 1 aromatic heterocycles. The van der Waals surface area contributed by atoms with Crippen molar-refractivity contribution in [3.63, 3.8) is 0 Å². The fraction of sp³-hybridized carbons (Fsp3) is 0.375. The van der Waals surface area contributed by atoms with Gasteiger partial charge < -0.3 is 15.1 Å². The molecule has 1 aliphatic rings. The maximum Gasteiger partial charge on any atom is 0.123 e. The lowest BCUT2D eigenvalue weighted by molar-refractivity contribution is 0.169. The molecule has 5 heteroatoms. The molecule has 1 aliphatic heterocycles. The van der Waals surface area contributed by atoms with Crippen LogP contribution in [0.2, 0.25) is 0 Å². The zero-order valence-corrected chi connectivity index (χ0v) is 11.9. The lowest BCUT2D eigenvalue weighted by atomic mass is 10.1. The van der Waals surface area contributed by atoms with E-state index in [1.165, 1.54) is 12.1 Å². The van der Waals surface area contributed by atoms with Gasteiger partial charge in [-0.05, 0) is 36.4 Å². The molecule has 112 valence electrons. The third-order valence-corrected chi connectivity index (χ3v) is 4.04. The number of nitrogens with two attached hydrogens (primary N) is 1. The quantitative estimate of drug-likeness (QED) is 0.937. The Kier molecular flexibility index (Phi) is 4.22. The fourth-order valence-corrected chi connectivity index (χ4v) is 2.87. The summed E-state index contributed by atoms with van der Waals surface area (Å²) in [6.45, 7) is 4.19. The number of benzene rings is 1. The first-order valence-corrected chi connectivity index (χ1v) is 7.26. The van der Waals surface area contributed by atoms with Crippen LogP contribution in [0.25, 0.3) is 0 Å². The van der Waals surface area contributed by atoms with Crippen LogP contribution in [0.5, 0.6) is 0 Å². The van der Waals surface area contributed by atoms with Gasteiger partial charge >= 0.3 is 0 Å². The minimum atomic E-state index is -0.196. The summed E-state index contributed by atoms with van der Waals surface area (Å²) in [4.78, 5) is 4.62. The molecule has 1 aromatic carbocycles. The third-order valence-electron chi connectivity index (χ3n) is 4.04. The van der Waals surface area contributed by atoms with E-state index in [2.05, 4.69) is 9.80 Å². The van der Waals surface area contributed by atoms with Crippen LogP contribution < -0.4 is 10.6 Å². The highest BCUT2D eigenvalue weighted by atomic mass is 19.1. The predicted octanol–water partition coefficient (Wildman–Crippen LogP) is 2.24. The first-order valence-electron chi connectivity index (χ1n) is 7.26. The maximum absolute atomic E-state index is 13.0. The Labute approximate surface area is 123 Å². The van der Waals surface area contributed by atoms with E-state index >= 15 is 0 Å². The fourth-order valence-electron chi connectivity index (χ4n) is 2.87. The van der Waals surface area contributed by atoms with Crippen molar-refractivity contribution in [3.8, 4) is 0 Å². The van der Waals surface area contributed by atoms with Crippen LogP contribution in [-0.2, 0) is 0 Å². The highest BCUT2D eigenvalue weighted by molar-refractivity contribution is 5.46. The monoisotopic (exact) mass is 289 g/mol. The number of furan rings is 1. The number of halogens is 1. The summed E-state index contributed by atoms with van der Waals surface area (Å²) in [6.07, 6.45) is 1.69. The van der Waals surface area contributed by atoms with Crippen LogP contribution in [0.1, 0.15) is 11.8 Å². The summed E-state index contributed by atoms with van der Waals surface area (Å²) < 4.78 is 18.5. The van der Waals surface area contributed by atoms with Gasteiger partial charge in [0.05, 0.1) is 12.3 Å². The van der Waals surface area contributed by atoms with E-state index in [9.17, 15) is 4.39 Å². The second-order valence-electron chi connectivity index (χ2n) is 5.27. The molecule has 1 fully saturated rings. The number of anilines is 1. The summed E-state index contributed by atoms with van der Waals surface area (Å²) in [6, 6.07) is 10.7. The lowest BCUT2D eigenvalue weighted by Gasteiger charge is -2.39. The average molecular weight is 289 g/mol. The molecule has 0 bridgehead atoms. The minimum absolute atomic E-state index is 0.135. The zero-order chi connectivity index (χ0) is 14.7. The van der Waals surface area contributed by atoms with Gasteiger partial charge in [0, 0.05) is 38.4 Å². The molecular formula is C16H20FN3O. The highest BCUT2D eigenvalue weighted by Crippen LogP contribution is 2.23. The second-order valence-corrected chi connectivity index (χ2v) is 5.27. The van der Waals surface area contributed by atoms with Crippen molar-refractivity contribution < 1.29 is 8.81 Å². The van der Waals surface area contributed by atoms with Crippen molar-refractivity contribution in [1.29, 1.82) is 0 Å². The summed E-state index contributed by atoms with van der Waals surface area (Å²) >= 11 is 0. The third kappa shape index (κ3) is 3.09. The molecule has 0 radical (unpaired) electrons. The van der Waals surface area contributed by atoms with Crippen molar-refractivity contribution in [1.82, 2.24) is 4.90 Å². The van der Waals surface area contributed by atoms with E-state index in [4.69, 9.17) is 10.2 Å². The smallest absolute Gasteiger partial charge is 0.123 e. The largest absolute Gasteiger partial charge is 0.468 e. The number of nitrogens with zero attached hydrogens (tertiary/aromatic N) is 2.